The van der Waals surface area contributed by atoms with Crippen molar-refractivity contribution in [3.05, 3.63) is 35.7 Å². The fourth-order valence-corrected chi connectivity index (χ4v) is 2.70. The lowest BCUT2D eigenvalue weighted by molar-refractivity contribution is -0.127. The maximum atomic E-state index is 12.3. The number of aromatic nitrogens is 2. The number of carbonyl (C=O) groups excluding carboxylic acids is 1. The third kappa shape index (κ3) is 3.48. The van der Waals surface area contributed by atoms with Crippen molar-refractivity contribution in [2.24, 2.45) is 11.8 Å². The molecule has 2 atom stereocenters. The van der Waals surface area contributed by atoms with Crippen LogP contribution in [0.4, 0.5) is 0 Å². The first kappa shape index (κ1) is 16.6. The Bertz CT molecular complexity index is 691. The molecule has 2 heterocycles. The highest BCUT2D eigenvalue weighted by atomic mass is 16.5. The van der Waals surface area contributed by atoms with Crippen molar-refractivity contribution in [3.63, 3.8) is 0 Å². The lowest BCUT2D eigenvalue weighted by Crippen LogP contribution is -2.49. The minimum absolute atomic E-state index is 0.0160. The normalized spacial score (nSPS) is 17.1. The lowest BCUT2D eigenvalue weighted by atomic mass is 9.88. The van der Waals surface area contributed by atoms with Crippen molar-refractivity contribution in [1.82, 2.24) is 20.8 Å². The van der Waals surface area contributed by atoms with Gasteiger partial charge < -0.3 is 15.2 Å². The van der Waals surface area contributed by atoms with E-state index in [4.69, 9.17) is 4.52 Å². The molecule has 0 bridgehead atoms. The summed E-state index contributed by atoms with van der Waals surface area (Å²) < 4.78 is 5.33. The van der Waals surface area contributed by atoms with E-state index in [1.54, 1.807) is 0 Å². The summed E-state index contributed by atoms with van der Waals surface area (Å²) in [4.78, 5) is 16.7. The molecular weight excluding hydrogens is 304 g/mol. The van der Waals surface area contributed by atoms with E-state index < -0.39 is 0 Å². The number of carbonyl (C=O) groups is 1. The van der Waals surface area contributed by atoms with Gasteiger partial charge in [0.1, 0.15) is 6.04 Å². The summed E-state index contributed by atoms with van der Waals surface area (Å²) in [5.41, 5.74) is 2.18. The fourth-order valence-electron chi connectivity index (χ4n) is 2.70. The zero-order valence-corrected chi connectivity index (χ0v) is 14.4. The fraction of sp³-hybridized carbons (Fsp3) is 0.500. The Morgan fingerprint density at radius 1 is 1.33 bits per heavy atom. The van der Waals surface area contributed by atoms with Crippen LogP contribution >= 0.6 is 0 Å². The molecule has 0 spiro atoms. The summed E-state index contributed by atoms with van der Waals surface area (Å²) in [5.74, 6) is 1.40. The van der Waals surface area contributed by atoms with Gasteiger partial charge in [-0.1, -0.05) is 43.3 Å². The number of amides is 1. The number of rotatable bonds is 6. The van der Waals surface area contributed by atoms with Gasteiger partial charge in [0.25, 0.3) is 0 Å². The summed E-state index contributed by atoms with van der Waals surface area (Å²) in [7, 11) is 0. The lowest BCUT2D eigenvalue weighted by Gasteiger charge is -2.32. The maximum Gasteiger partial charge on any atom is 0.249 e. The van der Waals surface area contributed by atoms with Gasteiger partial charge in [0.05, 0.1) is 0 Å². The molecule has 1 amide bonds. The van der Waals surface area contributed by atoms with Crippen LogP contribution < -0.4 is 10.6 Å². The van der Waals surface area contributed by atoms with Crippen LogP contribution in [-0.4, -0.2) is 29.1 Å². The van der Waals surface area contributed by atoms with Gasteiger partial charge in [-0.3, -0.25) is 4.79 Å². The average Bonchev–Trinajstić information content (AvgIpc) is 3.03. The molecule has 1 aromatic carbocycles. The first-order valence-corrected chi connectivity index (χ1v) is 8.52. The van der Waals surface area contributed by atoms with E-state index in [1.807, 2.05) is 26.0 Å². The molecule has 128 valence electrons. The van der Waals surface area contributed by atoms with E-state index >= 15 is 0 Å². The number of hydrogen-bond donors (Lipinski definition) is 2. The summed E-state index contributed by atoms with van der Waals surface area (Å²) in [6.45, 7) is 7.75. The van der Waals surface area contributed by atoms with E-state index in [0.717, 1.165) is 25.1 Å². The molecule has 1 aromatic heterocycles. The third-order valence-electron chi connectivity index (χ3n) is 4.73. The summed E-state index contributed by atoms with van der Waals surface area (Å²) in [6.07, 6.45) is 0.996. The van der Waals surface area contributed by atoms with Gasteiger partial charge in [-0.05, 0) is 37.9 Å². The van der Waals surface area contributed by atoms with E-state index in [0.29, 0.717) is 17.6 Å². The maximum absolute atomic E-state index is 12.3. The Balaban J connectivity index is 1.64. The average molecular weight is 328 g/mol. The zero-order valence-electron chi connectivity index (χ0n) is 14.4. The second-order valence-electron chi connectivity index (χ2n) is 6.44. The highest BCUT2D eigenvalue weighted by Gasteiger charge is 2.30. The molecular formula is C18H24N4O2. The zero-order chi connectivity index (χ0) is 17.1. The Kier molecular flexibility index (Phi) is 4.94. The topological polar surface area (TPSA) is 80.0 Å². The Labute approximate surface area is 142 Å². The van der Waals surface area contributed by atoms with E-state index in [-0.39, 0.29) is 17.9 Å². The van der Waals surface area contributed by atoms with E-state index in [9.17, 15) is 4.79 Å². The van der Waals surface area contributed by atoms with Crippen LogP contribution in [0.5, 0.6) is 0 Å². The number of aryl methyl sites for hydroxylation is 1. The summed E-state index contributed by atoms with van der Waals surface area (Å²) in [6, 6.07) is 7.80. The molecule has 6 heteroatoms. The van der Waals surface area contributed by atoms with Gasteiger partial charge in [-0.25, -0.2) is 0 Å². The SMILES string of the molecule is CCc1ccc(-c2noc(C(C)NC(=O)C(C)C3CNC3)n2)cc1. The van der Waals surface area contributed by atoms with Crippen molar-refractivity contribution < 1.29 is 9.32 Å². The van der Waals surface area contributed by atoms with E-state index in [1.165, 1.54) is 5.56 Å². The second kappa shape index (κ2) is 7.13. The van der Waals surface area contributed by atoms with Crippen LogP contribution in [0.1, 0.15) is 38.3 Å². The first-order valence-electron chi connectivity index (χ1n) is 8.52. The number of nitrogens with zero attached hydrogens (tertiary/aromatic N) is 2. The quantitative estimate of drug-likeness (QED) is 0.851. The molecule has 1 saturated heterocycles. The third-order valence-corrected chi connectivity index (χ3v) is 4.73. The van der Waals surface area contributed by atoms with Gasteiger partial charge in [0, 0.05) is 11.5 Å². The molecule has 0 radical (unpaired) electrons. The van der Waals surface area contributed by atoms with Crippen LogP contribution in [0.2, 0.25) is 0 Å². The number of nitrogens with one attached hydrogen (secondary N) is 2. The van der Waals surface area contributed by atoms with Crippen LogP contribution in [0.3, 0.4) is 0 Å². The smallest absolute Gasteiger partial charge is 0.249 e. The molecule has 24 heavy (non-hydrogen) atoms. The van der Waals surface area contributed by atoms with Crippen LogP contribution in [0.15, 0.2) is 28.8 Å². The predicted molar refractivity (Wildman–Crippen MR) is 91.2 cm³/mol. The highest BCUT2D eigenvalue weighted by molar-refractivity contribution is 5.79. The van der Waals surface area contributed by atoms with Gasteiger partial charge in [0.15, 0.2) is 0 Å². The predicted octanol–water partition coefficient (Wildman–Crippen LogP) is 2.33. The standard InChI is InChI=1S/C18H24N4O2/c1-4-13-5-7-14(8-6-13)16-21-18(24-22-16)12(3)20-17(23)11(2)15-9-19-10-15/h5-8,11-12,15,19H,4,9-10H2,1-3H3,(H,20,23). The molecule has 0 aliphatic carbocycles. The molecule has 2 unspecified atom stereocenters. The Hall–Kier alpha value is -2.21. The first-order chi connectivity index (χ1) is 11.6. The molecule has 2 N–H and O–H groups in total. The van der Waals surface area contributed by atoms with Gasteiger partial charge in [-0.2, -0.15) is 4.98 Å². The van der Waals surface area contributed by atoms with Crippen molar-refractivity contribution in [2.45, 2.75) is 33.2 Å². The molecule has 0 saturated carbocycles. The van der Waals surface area contributed by atoms with Gasteiger partial charge in [0.2, 0.25) is 17.6 Å². The van der Waals surface area contributed by atoms with Crippen molar-refractivity contribution in [1.29, 1.82) is 0 Å². The van der Waals surface area contributed by atoms with Crippen LogP contribution in [-0.2, 0) is 11.2 Å². The highest BCUT2D eigenvalue weighted by Crippen LogP contribution is 2.21. The molecule has 6 nitrogen and oxygen atoms in total. The molecule has 2 aromatic rings. The van der Waals surface area contributed by atoms with Crippen molar-refractivity contribution in [3.8, 4) is 11.4 Å². The molecule has 1 aliphatic rings. The Morgan fingerprint density at radius 2 is 2.04 bits per heavy atom. The molecule has 3 rings (SSSR count). The monoisotopic (exact) mass is 328 g/mol. The minimum Gasteiger partial charge on any atom is -0.344 e. The Morgan fingerprint density at radius 3 is 2.62 bits per heavy atom. The summed E-state index contributed by atoms with van der Waals surface area (Å²) in [5, 5.41) is 10.2. The summed E-state index contributed by atoms with van der Waals surface area (Å²) >= 11 is 0. The molecule has 1 fully saturated rings. The minimum atomic E-state index is -0.302. The van der Waals surface area contributed by atoms with Crippen molar-refractivity contribution >= 4 is 5.91 Å². The van der Waals surface area contributed by atoms with E-state index in [2.05, 4.69) is 39.8 Å². The second-order valence-corrected chi connectivity index (χ2v) is 6.44. The van der Waals surface area contributed by atoms with Crippen molar-refractivity contribution in [2.75, 3.05) is 13.1 Å². The van der Waals surface area contributed by atoms with Crippen LogP contribution in [0.25, 0.3) is 11.4 Å². The van der Waals surface area contributed by atoms with Gasteiger partial charge >= 0.3 is 0 Å². The van der Waals surface area contributed by atoms with Gasteiger partial charge in [-0.15, -0.1) is 0 Å². The van der Waals surface area contributed by atoms with Crippen LogP contribution in [0, 0.1) is 11.8 Å². The molecule has 1 aliphatic heterocycles. The number of hydrogen-bond acceptors (Lipinski definition) is 5. The number of benzene rings is 1. The largest absolute Gasteiger partial charge is 0.344 e.